The number of nitrogens with two attached hydrogens (primary N) is 1. The summed E-state index contributed by atoms with van der Waals surface area (Å²) >= 11 is 3.33. The predicted molar refractivity (Wildman–Crippen MR) is 69.6 cm³/mol. The van der Waals surface area contributed by atoms with Crippen LogP contribution in [0.3, 0.4) is 0 Å². The van der Waals surface area contributed by atoms with Crippen molar-refractivity contribution in [3.8, 4) is 5.75 Å². The topological polar surface area (TPSA) is 61.0 Å². The zero-order valence-electron chi connectivity index (χ0n) is 9.30. The highest BCUT2D eigenvalue weighted by Crippen LogP contribution is 2.27. The van der Waals surface area contributed by atoms with Crippen molar-refractivity contribution >= 4 is 21.7 Å². The van der Waals surface area contributed by atoms with Crippen LogP contribution in [0, 0.1) is 0 Å². The molecule has 17 heavy (non-hydrogen) atoms. The molecule has 0 radical (unpaired) electrons. The molecule has 0 bridgehead atoms. The maximum Gasteiger partial charge on any atom is 0.166 e. The monoisotopic (exact) mass is 293 g/mol. The summed E-state index contributed by atoms with van der Waals surface area (Å²) < 4.78 is 6.56. The van der Waals surface area contributed by atoms with E-state index in [9.17, 15) is 0 Å². The standard InChI is InChI=1S/C12H12BrN3O/c1-8(10-4-2-3-5-15-10)17-11-6-9(13)7-16-12(11)14/h2-8H,1H3,(H2,14,16). The van der Waals surface area contributed by atoms with E-state index in [-0.39, 0.29) is 6.10 Å². The number of pyridine rings is 2. The molecule has 2 N–H and O–H groups in total. The van der Waals surface area contributed by atoms with Gasteiger partial charge in [0.1, 0.15) is 6.10 Å². The number of hydrogen-bond donors (Lipinski definition) is 1. The van der Waals surface area contributed by atoms with Crippen molar-refractivity contribution in [2.75, 3.05) is 5.73 Å². The highest BCUT2D eigenvalue weighted by molar-refractivity contribution is 9.10. The zero-order valence-corrected chi connectivity index (χ0v) is 10.9. The fourth-order valence-electron chi connectivity index (χ4n) is 1.39. The van der Waals surface area contributed by atoms with E-state index in [4.69, 9.17) is 10.5 Å². The number of nitrogen functional groups attached to an aromatic ring is 1. The van der Waals surface area contributed by atoms with Crippen LogP contribution >= 0.6 is 15.9 Å². The molecule has 0 aliphatic rings. The van der Waals surface area contributed by atoms with Crippen LogP contribution in [0.4, 0.5) is 5.82 Å². The lowest BCUT2D eigenvalue weighted by atomic mass is 10.2. The molecule has 1 atom stereocenters. The molecular formula is C12H12BrN3O. The molecule has 2 aromatic heterocycles. The minimum atomic E-state index is -0.172. The van der Waals surface area contributed by atoms with Gasteiger partial charge >= 0.3 is 0 Å². The van der Waals surface area contributed by atoms with Crippen LogP contribution in [0.25, 0.3) is 0 Å². The predicted octanol–water partition coefficient (Wildman–Crippen LogP) is 2.96. The van der Waals surface area contributed by atoms with Crippen LogP contribution in [0.1, 0.15) is 18.7 Å². The van der Waals surface area contributed by atoms with Crippen LogP contribution < -0.4 is 10.5 Å². The van der Waals surface area contributed by atoms with Crippen molar-refractivity contribution in [1.29, 1.82) is 0 Å². The molecule has 0 aromatic carbocycles. The number of rotatable bonds is 3. The van der Waals surface area contributed by atoms with E-state index in [0.29, 0.717) is 11.6 Å². The molecule has 5 heteroatoms. The minimum Gasteiger partial charge on any atom is -0.481 e. The SMILES string of the molecule is CC(Oc1cc(Br)cnc1N)c1ccccn1. The Balaban J connectivity index is 2.18. The number of aromatic nitrogens is 2. The highest BCUT2D eigenvalue weighted by Gasteiger charge is 2.11. The second kappa shape index (κ2) is 5.14. The third-order valence-electron chi connectivity index (χ3n) is 2.26. The molecule has 2 heterocycles. The quantitative estimate of drug-likeness (QED) is 0.945. The highest BCUT2D eigenvalue weighted by atomic mass is 79.9. The van der Waals surface area contributed by atoms with Crippen LogP contribution in [0.5, 0.6) is 5.75 Å². The van der Waals surface area contributed by atoms with Crippen molar-refractivity contribution in [2.24, 2.45) is 0 Å². The lowest BCUT2D eigenvalue weighted by Gasteiger charge is -2.15. The van der Waals surface area contributed by atoms with Crippen molar-refractivity contribution in [3.63, 3.8) is 0 Å². The molecule has 4 nitrogen and oxygen atoms in total. The van der Waals surface area contributed by atoms with E-state index in [0.717, 1.165) is 10.2 Å². The van der Waals surface area contributed by atoms with E-state index in [1.165, 1.54) is 0 Å². The van der Waals surface area contributed by atoms with Crippen LogP contribution in [-0.4, -0.2) is 9.97 Å². The molecule has 0 saturated carbocycles. The molecule has 0 aliphatic carbocycles. The van der Waals surface area contributed by atoms with Crippen LogP contribution in [-0.2, 0) is 0 Å². The molecule has 2 aromatic rings. The molecular weight excluding hydrogens is 282 g/mol. The normalized spacial score (nSPS) is 12.1. The van der Waals surface area contributed by atoms with Crippen LogP contribution in [0.2, 0.25) is 0 Å². The zero-order chi connectivity index (χ0) is 12.3. The Morgan fingerprint density at radius 3 is 2.88 bits per heavy atom. The van der Waals surface area contributed by atoms with Crippen molar-refractivity contribution in [3.05, 3.63) is 46.8 Å². The summed E-state index contributed by atoms with van der Waals surface area (Å²) in [5, 5.41) is 0. The third-order valence-corrected chi connectivity index (χ3v) is 2.69. The lowest BCUT2D eigenvalue weighted by molar-refractivity contribution is 0.222. The van der Waals surface area contributed by atoms with Gasteiger partial charge < -0.3 is 10.5 Å². The fraction of sp³-hybridized carbons (Fsp3) is 0.167. The van der Waals surface area contributed by atoms with E-state index in [1.807, 2.05) is 25.1 Å². The second-order valence-corrected chi connectivity index (χ2v) is 4.47. The number of hydrogen-bond acceptors (Lipinski definition) is 4. The summed E-state index contributed by atoms with van der Waals surface area (Å²) in [6, 6.07) is 7.49. The first-order chi connectivity index (χ1) is 8.16. The van der Waals surface area contributed by atoms with Gasteiger partial charge in [-0.05, 0) is 41.1 Å². The summed E-state index contributed by atoms with van der Waals surface area (Å²) in [6.07, 6.45) is 3.19. The first-order valence-electron chi connectivity index (χ1n) is 5.15. The Bertz CT molecular complexity index is 504. The van der Waals surface area contributed by atoms with Gasteiger partial charge in [-0.3, -0.25) is 4.98 Å². The van der Waals surface area contributed by atoms with Gasteiger partial charge in [-0.2, -0.15) is 0 Å². The molecule has 1 unspecified atom stereocenters. The average molecular weight is 294 g/mol. The van der Waals surface area contributed by atoms with E-state index in [2.05, 4.69) is 25.9 Å². The largest absolute Gasteiger partial charge is 0.481 e. The van der Waals surface area contributed by atoms with Gasteiger partial charge in [0, 0.05) is 16.9 Å². The summed E-state index contributed by atoms with van der Waals surface area (Å²) in [5.41, 5.74) is 6.59. The first kappa shape index (κ1) is 11.9. The molecule has 2 rings (SSSR count). The lowest BCUT2D eigenvalue weighted by Crippen LogP contribution is -2.07. The molecule has 0 amide bonds. The second-order valence-electron chi connectivity index (χ2n) is 3.55. The van der Waals surface area contributed by atoms with Crippen LogP contribution in [0.15, 0.2) is 41.1 Å². The smallest absolute Gasteiger partial charge is 0.166 e. The molecule has 0 spiro atoms. The average Bonchev–Trinajstić information content (AvgIpc) is 2.35. The fourth-order valence-corrected chi connectivity index (χ4v) is 1.70. The van der Waals surface area contributed by atoms with Gasteiger partial charge in [-0.15, -0.1) is 0 Å². The van der Waals surface area contributed by atoms with Gasteiger partial charge in [0.25, 0.3) is 0 Å². The Kier molecular flexibility index (Phi) is 3.58. The van der Waals surface area contributed by atoms with Crippen molar-refractivity contribution < 1.29 is 4.74 Å². The Morgan fingerprint density at radius 1 is 1.35 bits per heavy atom. The summed E-state index contributed by atoms with van der Waals surface area (Å²) in [4.78, 5) is 8.24. The van der Waals surface area contributed by atoms with E-state index in [1.54, 1.807) is 18.5 Å². The maximum absolute atomic E-state index is 5.74. The summed E-state index contributed by atoms with van der Waals surface area (Å²) in [5.74, 6) is 0.925. The van der Waals surface area contributed by atoms with Gasteiger partial charge in [0.05, 0.1) is 5.69 Å². The maximum atomic E-state index is 5.74. The van der Waals surface area contributed by atoms with Crippen molar-refractivity contribution in [1.82, 2.24) is 9.97 Å². The molecule has 0 saturated heterocycles. The van der Waals surface area contributed by atoms with Gasteiger partial charge in [0.2, 0.25) is 0 Å². The number of nitrogens with zero attached hydrogens (tertiary/aromatic N) is 2. The minimum absolute atomic E-state index is 0.172. The molecule has 0 fully saturated rings. The Morgan fingerprint density at radius 2 is 2.18 bits per heavy atom. The Hall–Kier alpha value is -1.62. The molecule has 0 aliphatic heterocycles. The number of halogens is 1. The van der Waals surface area contributed by atoms with E-state index < -0.39 is 0 Å². The summed E-state index contributed by atoms with van der Waals surface area (Å²) in [7, 11) is 0. The van der Waals surface area contributed by atoms with Crippen molar-refractivity contribution in [2.45, 2.75) is 13.0 Å². The number of anilines is 1. The number of ether oxygens (including phenoxy) is 1. The molecule has 88 valence electrons. The Labute approximate surface area is 108 Å². The van der Waals surface area contributed by atoms with Gasteiger partial charge in [-0.1, -0.05) is 6.07 Å². The van der Waals surface area contributed by atoms with Gasteiger partial charge in [0.15, 0.2) is 11.6 Å². The van der Waals surface area contributed by atoms with Gasteiger partial charge in [-0.25, -0.2) is 4.98 Å². The third kappa shape index (κ3) is 2.94. The first-order valence-corrected chi connectivity index (χ1v) is 5.94. The van der Waals surface area contributed by atoms with E-state index >= 15 is 0 Å². The summed E-state index contributed by atoms with van der Waals surface area (Å²) in [6.45, 7) is 1.92.